The van der Waals surface area contributed by atoms with Crippen LogP contribution in [0.2, 0.25) is 0 Å². The molecule has 2 aromatic carbocycles. The molecule has 1 nitrogen and oxygen atoms in total. The number of thioether (sulfide) groups is 1. The van der Waals surface area contributed by atoms with Crippen molar-refractivity contribution in [3.63, 3.8) is 0 Å². The molecule has 2 aromatic rings. The van der Waals surface area contributed by atoms with Crippen LogP contribution in [0.4, 0.5) is 0 Å². The first-order chi connectivity index (χ1) is 10.3. The lowest BCUT2D eigenvalue weighted by atomic mass is 9.99. The Bertz CT molecular complexity index is 497. The molecule has 112 valence electrons. The Morgan fingerprint density at radius 3 is 2.19 bits per heavy atom. The third kappa shape index (κ3) is 5.56. The van der Waals surface area contributed by atoms with E-state index in [2.05, 4.69) is 79.2 Å². The Hall–Kier alpha value is -1.25. The van der Waals surface area contributed by atoms with Crippen molar-refractivity contribution in [1.82, 2.24) is 5.32 Å². The summed E-state index contributed by atoms with van der Waals surface area (Å²) in [6.07, 6.45) is 4.43. The number of benzene rings is 2. The molecular weight excluding hydrogens is 274 g/mol. The number of nitrogens with one attached hydrogen (secondary N) is 1. The molecule has 0 amide bonds. The molecule has 0 fully saturated rings. The lowest BCUT2D eigenvalue weighted by Gasteiger charge is -2.20. The average molecular weight is 299 g/mol. The molecule has 0 aliphatic heterocycles. The van der Waals surface area contributed by atoms with Gasteiger partial charge in [-0.1, -0.05) is 67.6 Å². The van der Waals surface area contributed by atoms with E-state index in [1.165, 1.54) is 17.5 Å². The van der Waals surface area contributed by atoms with E-state index in [0.29, 0.717) is 11.3 Å². The SMILES string of the molecule is CSC(C)CCNC(Cc1ccccc1)c1ccccc1. The predicted octanol–water partition coefficient (Wildman–Crippen LogP) is 4.70. The van der Waals surface area contributed by atoms with Crippen molar-refractivity contribution in [2.45, 2.75) is 31.1 Å². The molecule has 2 unspecified atom stereocenters. The van der Waals surface area contributed by atoms with Gasteiger partial charge in [-0.25, -0.2) is 0 Å². The van der Waals surface area contributed by atoms with Gasteiger partial charge in [-0.3, -0.25) is 0 Å². The van der Waals surface area contributed by atoms with Crippen LogP contribution in [0.15, 0.2) is 60.7 Å². The van der Waals surface area contributed by atoms with Crippen LogP contribution in [0.25, 0.3) is 0 Å². The minimum atomic E-state index is 0.391. The normalized spacial score (nSPS) is 13.8. The number of hydrogen-bond donors (Lipinski definition) is 1. The van der Waals surface area contributed by atoms with Gasteiger partial charge in [-0.2, -0.15) is 11.8 Å². The Morgan fingerprint density at radius 2 is 1.57 bits per heavy atom. The average Bonchev–Trinajstić information content (AvgIpc) is 2.55. The van der Waals surface area contributed by atoms with Gasteiger partial charge in [-0.15, -0.1) is 0 Å². The maximum Gasteiger partial charge on any atom is 0.0360 e. The zero-order valence-corrected chi connectivity index (χ0v) is 13.8. The standard InChI is InChI=1S/C19H25NS/c1-16(21-2)13-14-20-19(18-11-7-4-8-12-18)15-17-9-5-3-6-10-17/h3-12,16,19-20H,13-15H2,1-2H3. The molecule has 0 heterocycles. The second-order valence-electron chi connectivity index (χ2n) is 5.44. The molecule has 0 aromatic heterocycles. The van der Waals surface area contributed by atoms with E-state index < -0.39 is 0 Å². The van der Waals surface area contributed by atoms with Crippen LogP contribution in [0.1, 0.15) is 30.5 Å². The summed E-state index contributed by atoms with van der Waals surface area (Å²) >= 11 is 1.94. The van der Waals surface area contributed by atoms with Gasteiger partial charge < -0.3 is 5.32 Å². The smallest absolute Gasteiger partial charge is 0.0360 e. The Labute approximate surface area is 133 Å². The first-order valence-electron chi connectivity index (χ1n) is 7.64. The van der Waals surface area contributed by atoms with E-state index in [4.69, 9.17) is 0 Å². The van der Waals surface area contributed by atoms with Gasteiger partial charge in [-0.05, 0) is 36.8 Å². The monoisotopic (exact) mass is 299 g/mol. The van der Waals surface area contributed by atoms with Crippen molar-refractivity contribution in [2.75, 3.05) is 12.8 Å². The first-order valence-corrected chi connectivity index (χ1v) is 8.93. The molecule has 0 saturated heterocycles. The topological polar surface area (TPSA) is 12.0 Å². The van der Waals surface area contributed by atoms with Gasteiger partial charge in [0.2, 0.25) is 0 Å². The van der Waals surface area contributed by atoms with Crippen molar-refractivity contribution in [3.05, 3.63) is 71.8 Å². The molecule has 0 aliphatic carbocycles. The fourth-order valence-electron chi connectivity index (χ4n) is 2.42. The summed E-state index contributed by atoms with van der Waals surface area (Å²) in [4.78, 5) is 0. The number of hydrogen-bond acceptors (Lipinski definition) is 2. The fourth-order valence-corrected chi connectivity index (χ4v) is 2.78. The highest BCUT2D eigenvalue weighted by molar-refractivity contribution is 7.99. The van der Waals surface area contributed by atoms with Crippen LogP contribution in [0.5, 0.6) is 0 Å². The fraction of sp³-hybridized carbons (Fsp3) is 0.368. The highest BCUT2D eigenvalue weighted by Gasteiger charge is 2.11. The molecule has 0 spiro atoms. The van der Waals surface area contributed by atoms with E-state index in [1.54, 1.807) is 0 Å². The van der Waals surface area contributed by atoms with Crippen LogP contribution >= 0.6 is 11.8 Å². The van der Waals surface area contributed by atoms with Crippen LogP contribution in [0, 0.1) is 0 Å². The summed E-state index contributed by atoms with van der Waals surface area (Å²) in [7, 11) is 0. The van der Waals surface area contributed by atoms with E-state index >= 15 is 0 Å². The third-order valence-electron chi connectivity index (χ3n) is 3.83. The van der Waals surface area contributed by atoms with Gasteiger partial charge in [0.05, 0.1) is 0 Å². The summed E-state index contributed by atoms with van der Waals surface area (Å²) in [6.45, 7) is 3.36. The van der Waals surface area contributed by atoms with Gasteiger partial charge in [0.25, 0.3) is 0 Å². The quantitative estimate of drug-likeness (QED) is 0.758. The van der Waals surface area contributed by atoms with Crippen molar-refractivity contribution in [2.24, 2.45) is 0 Å². The summed E-state index contributed by atoms with van der Waals surface area (Å²) in [5.41, 5.74) is 2.76. The molecular formula is C19H25NS. The molecule has 2 heteroatoms. The molecule has 21 heavy (non-hydrogen) atoms. The zero-order chi connectivity index (χ0) is 14.9. The first kappa shape index (κ1) is 16.1. The van der Waals surface area contributed by atoms with Crippen LogP contribution < -0.4 is 5.32 Å². The molecule has 0 aliphatic rings. The van der Waals surface area contributed by atoms with E-state index in [-0.39, 0.29) is 0 Å². The van der Waals surface area contributed by atoms with Crippen LogP contribution in [-0.4, -0.2) is 18.1 Å². The molecule has 1 N–H and O–H groups in total. The second kappa shape index (κ2) is 8.91. The molecule has 0 radical (unpaired) electrons. The molecule has 2 rings (SSSR count). The highest BCUT2D eigenvalue weighted by Crippen LogP contribution is 2.19. The maximum absolute atomic E-state index is 3.74. The second-order valence-corrected chi connectivity index (χ2v) is 6.72. The van der Waals surface area contributed by atoms with Gasteiger partial charge in [0.15, 0.2) is 0 Å². The van der Waals surface area contributed by atoms with Gasteiger partial charge >= 0.3 is 0 Å². The Morgan fingerprint density at radius 1 is 0.952 bits per heavy atom. The van der Waals surface area contributed by atoms with Gasteiger partial charge in [0.1, 0.15) is 0 Å². The predicted molar refractivity (Wildman–Crippen MR) is 94.9 cm³/mol. The van der Waals surface area contributed by atoms with Crippen LogP contribution in [-0.2, 0) is 6.42 Å². The summed E-state index contributed by atoms with van der Waals surface area (Å²) in [6, 6.07) is 21.9. The van der Waals surface area contributed by atoms with E-state index in [0.717, 1.165) is 13.0 Å². The van der Waals surface area contributed by atoms with Crippen molar-refractivity contribution in [3.8, 4) is 0 Å². The molecule has 0 saturated carbocycles. The largest absolute Gasteiger partial charge is 0.310 e. The lowest BCUT2D eigenvalue weighted by Crippen LogP contribution is -2.25. The lowest BCUT2D eigenvalue weighted by molar-refractivity contribution is 0.520. The minimum absolute atomic E-state index is 0.391. The van der Waals surface area contributed by atoms with E-state index in [9.17, 15) is 0 Å². The third-order valence-corrected chi connectivity index (χ3v) is 4.87. The highest BCUT2D eigenvalue weighted by atomic mass is 32.2. The summed E-state index contributed by atoms with van der Waals surface area (Å²) in [5.74, 6) is 0. The van der Waals surface area contributed by atoms with Crippen molar-refractivity contribution in [1.29, 1.82) is 0 Å². The number of rotatable bonds is 8. The molecule has 2 atom stereocenters. The molecule has 0 bridgehead atoms. The zero-order valence-electron chi connectivity index (χ0n) is 13.0. The Kier molecular flexibility index (Phi) is 6.84. The maximum atomic E-state index is 3.74. The van der Waals surface area contributed by atoms with Crippen LogP contribution in [0.3, 0.4) is 0 Å². The van der Waals surface area contributed by atoms with Gasteiger partial charge in [0, 0.05) is 11.3 Å². The van der Waals surface area contributed by atoms with Crippen molar-refractivity contribution >= 4 is 11.8 Å². The summed E-state index contributed by atoms with van der Waals surface area (Å²) < 4.78 is 0. The van der Waals surface area contributed by atoms with E-state index in [1.807, 2.05) is 11.8 Å². The summed E-state index contributed by atoms with van der Waals surface area (Å²) in [5, 5.41) is 4.45. The Balaban J connectivity index is 2.01. The van der Waals surface area contributed by atoms with Crippen molar-refractivity contribution < 1.29 is 0 Å². The minimum Gasteiger partial charge on any atom is -0.310 e.